The van der Waals surface area contributed by atoms with Gasteiger partial charge < -0.3 is 60.2 Å². The van der Waals surface area contributed by atoms with E-state index in [4.69, 9.17) is 74.1 Å². The molecular formula is C110H193AlClLiN2O24S2Y. The van der Waals surface area contributed by atoms with Gasteiger partial charge in [0.1, 0.15) is 34.8 Å². The molecule has 3 saturated heterocycles. The first-order chi connectivity index (χ1) is 61.5. The second kappa shape index (κ2) is 71.7. The number of esters is 2. The number of aliphatic hydroxyl groups is 1. The molecule has 0 spiro atoms. The van der Waals surface area contributed by atoms with E-state index in [1.165, 1.54) is 116 Å². The van der Waals surface area contributed by atoms with E-state index in [2.05, 4.69) is 141 Å². The number of epoxide rings is 3. The van der Waals surface area contributed by atoms with Gasteiger partial charge in [-0.2, -0.15) is 8.42 Å². The van der Waals surface area contributed by atoms with Crippen molar-refractivity contribution < 1.29 is 166 Å². The van der Waals surface area contributed by atoms with Crippen molar-refractivity contribution in [3.63, 3.8) is 0 Å². The summed E-state index contributed by atoms with van der Waals surface area (Å²) >= 11 is 0. The molecule has 3 saturated carbocycles. The molecule has 9 aliphatic carbocycles. The summed E-state index contributed by atoms with van der Waals surface area (Å²) in [4.78, 5) is 66.1. The van der Waals surface area contributed by atoms with Crippen molar-refractivity contribution in [2.24, 2.45) is 23.5 Å². The molecule has 2 aromatic rings. The van der Waals surface area contributed by atoms with Crippen molar-refractivity contribution >= 4 is 83.3 Å². The summed E-state index contributed by atoms with van der Waals surface area (Å²) in [5.74, 6) is 1.78. The Morgan fingerprint density at radius 1 is 0.458 bits per heavy atom. The van der Waals surface area contributed by atoms with E-state index in [0.29, 0.717) is 36.6 Å². The van der Waals surface area contributed by atoms with Gasteiger partial charge in [0.2, 0.25) is 0 Å². The number of carbonyl (C=O) groups excluding carboxylic acids is 6. The van der Waals surface area contributed by atoms with E-state index >= 15 is 0 Å². The fourth-order valence-corrected chi connectivity index (χ4v) is 17.4. The minimum Gasteiger partial charge on any atom is -1.00 e. The molecule has 6 unspecified atom stereocenters. The van der Waals surface area contributed by atoms with Crippen LogP contribution in [0.5, 0.6) is 0 Å². The number of fused-ring (bicyclic) bond motifs is 3. The zero-order valence-corrected chi connectivity index (χ0v) is 91.5. The Morgan fingerprint density at radius 3 is 1.12 bits per heavy atom. The Hall–Kier alpha value is -4.96. The number of ether oxygens (including phenoxy) is 9. The molecule has 6 N–H and O–H groups in total. The van der Waals surface area contributed by atoms with Gasteiger partial charge in [-0.1, -0.05) is 179 Å². The zero-order valence-electron chi connectivity index (χ0n) is 87.3. The van der Waals surface area contributed by atoms with Crippen LogP contribution < -0.4 is 29.9 Å². The van der Waals surface area contributed by atoms with Gasteiger partial charge in [-0.05, 0) is 356 Å². The number of carbonyl (C=O) groups is 6. The van der Waals surface area contributed by atoms with Crippen LogP contribution in [-0.4, -0.2) is 174 Å². The quantitative estimate of drug-likeness (QED) is 0.0141. The summed E-state index contributed by atoms with van der Waals surface area (Å²) in [5.41, 5.74) is 17.7. The van der Waals surface area contributed by atoms with Crippen molar-refractivity contribution in [3.8, 4) is 0 Å². The topological polar surface area (TPSA) is 381 Å². The van der Waals surface area contributed by atoms with Gasteiger partial charge in [-0.25, -0.2) is 33.3 Å². The average Bonchev–Trinajstić information content (AvgIpc) is 1.60. The van der Waals surface area contributed by atoms with Crippen molar-refractivity contribution in [1.82, 2.24) is 5.32 Å². The molecule has 3 heterocycles. The van der Waals surface area contributed by atoms with E-state index in [-0.39, 0.29) is 196 Å². The van der Waals surface area contributed by atoms with E-state index in [1.807, 2.05) is 34.6 Å². The number of rotatable bonds is 10. The second-order valence-electron chi connectivity index (χ2n) is 41.0. The number of aryl methyl sites for hydroxylation is 2. The molecule has 142 heavy (non-hydrogen) atoms. The number of halogens is 1. The van der Waals surface area contributed by atoms with Gasteiger partial charge >= 0.3 is 49.2 Å². The Kier molecular flexibility index (Phi) is 75.7. The average molecular weight is 2150 g/mol. The number of amides is 1. The van der Waals surface area contributed by atoms with Crippen LogP contribution in [0.25, 0.3) is 0 Å². The Balaban J connectivity index is -0.000000233. The summed E-state index contributed by atoms with van der Waals surface area (Å²) in [6, 6.07) is 13.8. The predicted octanol–water partition coefficient (Wildman–Crippen LogP) is 24.3. The maximum Gasteiger partial charge on any atom is 1.00 e. The van der Waals surface area contributed by atoms with Crippen LogP contribution in [0, 0.1) is 31.6 Å². The number of ketones is 1. The van der Waals surface area contributed by atoms with E-state index < -0.39 is 48.3 Å². The monoisotopic (exact) mass is 2150 g/mol. The van der Waals surface area contributed by atoms with Crippen LogP contribution in [0.3, 0.4) is 0 Å². The van der Waals surface area contributed by atoms with Crippen LogP contribution >= 0.6 is 10.7 Å². The molecule has 6 fully saturated rings. The number of allylic oxidation sites excluding steroid dienone is 9. The molecule has 0 bridgehead atoms. The summed E-state index contributed by atoms with van der Waals surface area (Å²) in [6.07, 6.45) is 40.1. The Labute approximate surface area is 913 Å². The number of nitrogens with two attached hydrogens (primary N) is 1. The van der Waals surface area contributed by atoms with E-state index in [1.54, 1.807) is 90.4 Å². The third-order valence-electron chi connectivity index (χ3n) is 24.4. The van der Waals surface area contributed by atoms with Crippen molar-refractivity contribution in [1.29, 1.82) is 0 Å². The van der Waals surface area contributed by atoms with Crippen molar-refractivity contribution in [2.45, 2.75) is 489 Å². The fourth-order valence-electron chi connectivity index (χ4n) is 15.5. The number of alkyl carbamates (subject to hydrolysis) is 1. The number of benzene rings is 2. The molecule has 3 aliphatic heterocycles. The minimum absolute atomic E-state index is 0. The van der Waals surface area contributed by atoms with Crippen molar-refractivity contribution in [3.05, 3.63) is 154 Å². The maximum absolute atomic E-state index is 12.1. The van der Waals surface area contributed by atoms with Gasteiger partial charge in [0.05, 0.1) is 57.1 Å². The predicted molar refractivity (Wildman–Crippen MR) is 575 cm³/mol. The number of Topliss-reactive ketones (excluding diaryl/α,β-unsaturated/α-hetero) is 1. The second-order valence-corrected chi connectivity index (χ2v) is 45.1. The Morgan fingerprint density at radius 2 is 0.803 bits per heavy atom. The largest absolute Gasteiger partial charge is 1.00 e. The SMILES string of the molecule is C.C.C.C.C.C.C=C(C)[C@@H]1CC=C(C)CC1.C=C(C)[C@H]1CCC2(C)OC2C1.CC(=O)O[C@@H]1CC=C(C)CC1.CC(=O)O[C@H]1CCC2(C)OC2C1.CC(=O)[C@H]1CCC2(C)OC2C1.CC(C)(C)OC(=O)OC(=O)OC(C)(C)C.CC1=CC[C@@H](O)CC1.CC1=CC[C@@H](OS(=O)(=O)c2ccc(C)cc2)CC1.CC1=CC[C@H](N)CC1.CC1=CC[C@H](NC(=O)OC(C)(C)C)CC1.Cc1ccc(S(=O)(=O)Cl)cc1.OOO.[AlH3].[H-].[Li+].[Y]. The summed E-state index contributed by atoms with van der Waals surface area (Å²) < 4.78 is 96.6. The van der Waals surface area contributed by atoms with Crippen molar-refractivity contribution in [2.75, 3.05) is 0 Å². The molecule has 26 nitrogen and oxygen atoms in total. The molecule has 2 aromatic carbocycles. The fraction of sp³-hybridized carbons (Fsp3) is 0.691. The normalized spacial score (nSPS) is 25.5. The summed E-state index contributed by atoms with van der Waals surface area (Å²) in [6.45, 7) is 55.6. The molecule has 1 radical (unpaired) electrons. The van der Waals surface area contributed by atoms with Gasteiger partial charge in [0.25, 0.3) is 19.2 Å². The minimum atomic E-state index is -3.62. The molecule has 1 amide bonds. The first-order valence-electron chi connectivity index (χ1n) is 47.2. The molecular weight excluding hydrogens is 1960 g/mol. The molecule has 32 heteroatoms. The van der Waals surface area contributed by atoms with Gasteiger partial charge in [-0.3, -0.25) is 18.6 Å². The number of hydrogen-bond donors (Lipinski definition) is 5. The number of aliphatic hydroxyl groups excluding tert-OH is 1. The van der Waals surface area contributed by atoms with Crippen LogP contribution in [0.2, 0.25) is 0 Å². The standard InChI is InChI=1S/C14H18O3S.C12H21NO2.C10H18O5.C10H16O.C10H16.C9H14O3.2C9H14O2.C7H7ClO2S.C7H13N.C7H12O.6CH4.Al.Li.H2O3.Y.4H/c1-11-3-7-13(8-4-11)17-18(15,16)14-9-5-12(2)6-10-14;1-9-5-7-10(8-6-9)13-11(14)15-12(2,3)4;1-9(2,3)14-7(11)13-8(12)15-10(4,5)6;1-7(2)8-4-5-10(3)9(6-8)11-10;1-8(2)10-6-4-9(3)5-7-10;1-6(10)11-7-3-4-9(2)8(5-7)12-9;1-6(10)7-3-4-9(2)8(5-7)11-9;1-7-3-5-9(6-4-7)11-8(2)10;1-6-2-4-7(5-3-6)11(8,9)10;2*1-6-2-4-7(8)5-3-6;;;;;;;;;1-3-2;;;;;/h3,5-6,9-10,13H,4,7-8H2,1-2H3;5,10H,6-8H2,1-4H3,(H,13,14);1-6H3;8-9H,1,4-6H2,2-3H3;4,10H,1,5-7H2,2-3H3;7-8H,3-5H2,1-2H3;7-8H,3-5H2,1-2H3;3,9H,4-6H2,1-2H3;2-5H,1H3;2,7H,3-5,8H2,1H3;2,7-8H,3-5H2,1H3;6*1H4;;;1-2H;;;;;/q;;;;;;;;;;;;;;;;;;+1;;;;;;-1/t13-;10-;;8-,9?,10?;10-;2*7-,8?,9?;9-;;2*7-;;;;;;;;;;;;;;/m10.01001.01............../s1. The number of hydrogen-bond acceptors (Lipinski definition) is 25. The van der Waals surface area contributed by atoms with Gasteiger partial charge in [-0.15, -0.1) is 0 Å². The van der Waals surface area contributed by atoms with Crippen LogP contribution in [-0.2, 0) is 118 Å². The first-order valence-corrected chi connectivity index (χ1v) is 50.9. The summed E-state index contributed by atoms with van der Waals surface area (Å²) in [7, 11) is -2.09. The smallest absolute Gasteiger partial charge is 1.00 e. The molecule has 0 aromatic heterocycles. The Bertz CT molecular complexity index is 4410. The van der Waals surface area contributed by atoms with Crippen LogP contribution in [0.1, 0.15) is 390 Å². The molecule has 14 rings (SSSR count). The number of nitrogens with one attached hydrogen (secondary N) is 1. The van der Waals surface area contributed by atoms with Crippen LogP contribution in [0.4, 0.5) is 14.4 Å². The molecule has 15 atom stereocenters. The van der Waals surface area contributed by atoms with Gasteiger partial charge in [0, 0.05) is 88.1 Å². The van der Waals surface area contributed by atoms with E-state index in [0.717, 1.165) is 139 Å². The molecule has 813 valence electrons. The summed E-state index contributed by atoms with van der Waals surface area (Å²) in [5, 5.41) is 27.4. The van der Waals surface area contributed by atoms with E-state index in [9.17, 15) is 45.6 Å². The van der Waals surface area contributed by atoms with Crippen LogP contribution in [0.15, 0.2) is 153 Å². The first kappa shape index (κ1) is 150. The third-order valence-corrected chi connectivity index (χ3v) is 27.2. The third kappa shape index (κ3) is 65.8. The van der Waals surface area contributed by atoms with Gasteiger partial charge in [0.15, 0.2) is 17.4 Å². The maximum atomic E-state index is 12.1. The zero-order chi connectivity index (χ0) is 101. The molecule has 12 aliphatic rings.